The van der Waals surface area contributed by atoms with Crippen LogP contribution in [0.2, 0.25) is 0 Å². The number of hydrogen-bond donors (Lipinski definition) is 4. The van der Waals surface area contributed by atoms with Crippen molar-refractivity contribution >= 4 is 34.2 Å². The van der Waals surface area contributed by atoms with Gasteiger partial charge in [0.15, 0.2) is 5.82 Å². The molecule has 5 N–H and O–H groups in total. The molecule has 2 aromatic heterocycles. The second-order valence-electron chi connectivity index (χ2n) is 7.37. The lowest BCUT2D eigenvalue weighted by Gasteiger charge is -2.13. The van der Waals surface area contributed by atoms with Crippen LogP contribution in [0.4, 0.5) is 5.69 Å². The topological polar surface area (TPSA) is 103 Å². The Kier molecular flexibility index (Phi) is 6.06. The summed E-state index contributed by atoms with van der Waals surface area (Å²) in [7, 11) is 0. The van der Waals surface area contributed by atoms with Gasteiger partial charge in [0.25, 0.3) is 0 Å². The Morgan fingerprint density at radius 3 is 2.84 bits per heavy atom. The summed E-state index contributed by atoms with van der Waals surface area (Å²) in [5.74, 6) is 0.510. The molecule has 4 rings (SSSR count). The summed E-state index contributed by atoms with van der Waals surface area (Å²) >= 11 is 1.64. The van der Waals surface area contributed by atoms with Crippen molar-refractivity contribution < 1.29 is 0 Å². The van der Waals surface area contributed by atoms with Gasteiger partial charge in [-0.05, 0) is 60.7 Å². The Bertz CT molecular complexity index is 1260. The minimum Gasteiger partial charge on any atom is -0.398 e. The molecule has 6 nitrogen and oxygen atoms in total. The van der Waals surface area contributed by atoms with Crippen LogP contribution in [0.3, 0.4) is 0 Å². The summed E-state index contributed by atoms with van der Waals surface area (Å²) in [5.41, 5.74) is 13.9. The third-order valence-electron chi connectivity index (χ3n) is 5.45. The molecule has 4 aromatic rings. The molecule has 0 unspecified atom stereocenters. The van der Waals surface area contributed by atoms with Crippen LogP contribution >= 0.6 is 11.8 Å². The lowest BCUT2D eigenvalue weighted by molar-refractivity contribution is 0.721. The Hall–Kier alpha value is -3.16. The summed E-state index contributed by atoms with van der Waals surface area (Å²) in [4.78, 5) is 13.5. The molecule has 31 heavy (non-hydrogen) atoms. The van der Waals surface area contributed by atoms with Crippen molar-refractivity contribution in [1.82, 2.24) is 20.3 Å². The van der Waals surface area contributed by atoms with Crippen LogP contribution in [-0.4, -0.2) is 33.5 Å². The van der Waals surface area contributed by atoms with Gasteiger partial charge in [0, 0.05) is 40.6 Å². The molecule has 158 valence electrons. The van der Waals surface area contributed by atoms with Gasteiger partial charge >= 0.3 is 0 Å². The quantitative estimate of drug-likeness (QED) is 0.192. The first-order valence-electron chi connectivity index (χ1n) is 10.2. The maximum atomic E-state index is 8.81. The fourth-order valence-electron chi connectivity index (χ4n) is 3.65. The number of imidazole rings is 1. The van der Waals surface area contributed by atoms with Gasteiger partial charge in [-0.1, -0.05) is 19.1 Å². The molecule has 0 aliphatic rings. The number of nitrogens with zero attached hydrogens (tertiary/aromatic N) is 2. The highest BCUT2D eigenvalue weighted by Crippen LogP contribution is 2.30. The van der Waals surface area contributed by atoms with Crippen LogP contribution in [0.25, 0.3) is 22.2 Å². The molecule has 0 saturated carbocycles. The van der Waals surface area contributed by atoms with E-state index in [0.29, 0.717) is 17.1 Å². The number of nitrogens with one attached hydrogen (secondary N) is 3. The van der Waals surface area contributed by atoms with Gasteiger partial charge in [-0.2, -0.15) is 0 Å². The number of pyridine rings is 1. The number of fused-ring (bicyclic) bond motifs is 1. The largest absolute Gasteiger partial charge is 0.398 e. The molecule has 0 aliphatic heterocycles. The van der Waals surface area contributed by atoms with E-state index in [1.165, 1.54) is 5.56 Å². The van der Waals surface area contributed by atoms with E-state index in [-0.39, 0.29) is 5.71 Å². The lowest BCUT2D eigenvalue weighted by atomic mass is 9.95. The number of para-hydroxylation sites is 1. The first-order chi connectivity index (χ1) is 15.0. The maximum absolute atomic E-state index is 8.81. The van der Waals surface area contributed by atoms with Gasteiger partial charge in [0.1, 0.15) is 11.2 Å². The van der Waals surface area contributed by atoms with Gasteiger partial charge < -0.3 is 16.0 Å². The van der Waals surface area contributed by atoms with Crippen LogP contribution in [0.15, 0.2) is 53.7 Å². The summed E-state index contributed by atoms with van der Waals surface area (Å²) in [6.07, 6.45) is 5.80. The number of H-pyrrole nitrogens is 1. The highest BCUT2D eigenvalue weighted by atomic mass is 32.2. The van der Waals surface area contributed by atoms with Gasteiger partial charge in [0.05, 0.1) is 5.52 Å². The van der Waals surface area contributed by atoms with Crippen molar-refractivity contribution in [3.8, 4) is 11.1 Å². The zero-order chi connectivity index (χ0) is 22.0. The van der Waals surface area contributed by atoms with Crippen LogP contribution < -0.4 is 11.1 Å². The van der Waals surface area contributed by atoms with Crippen molar-refractivity contribution in [2.75, 3.05) is 18.5 Å². The van der Waals surface area contributed by atoms with Crippen molar-refractivity contribution in [2.45, 2.75) is 25.3 Å². The van der Waals surface area contributed by atoms with Gasteiger partial charge in [-0.3, -0.25) is 10.4 Å². The monoisotopic (exact) mass is 430 g/mol. The number of hydrogen-bond acceptors (Lipinski definition) is 6. The minimum absolute atomic E-state index is 0.275. The molecular weight excluding hydrogens is 404 g/mol. The molecule has 0 atom stereocenters. The fraction of sp³-hybridized carbons (Fsp3) is 0.208. The van der Waals surface area contributed by atoms with Crippen LogP contribution in [0.1, 0.15) is 29.4 Å². The zero-order valence-electron chi connectivity index (χ0n) is 17.9. The Morgan fingerprint density at radius 2 is 2.06 bits per heavy atom. The number of anilines is 1. The number of nitrogens with two attached hydrogens (primary N) is 1. The average Bonchev–Trinajstić information content (AvgIpc) is 3.23. The maximum Gasteiger partial charge on any atom is 0.157 e. The highest BCUT2D eigenvalue weighted by Gasteiger charge is 2.16. The van der Waals surface area contributed by atoms with E-state index in [2.05, 4.69) is 29.1 Å². The van der Waals surface area contributed by atoms with Crippen LogP contribution in [0.5, 0.6) is 0 Å². The van der Waals surface area contributed by atoms with Gasteiger partial charge in [-0.25, -0.2) is 4.98 Å². The van der Waals surface area contributed by atoms with E-state index >= 15 is 0 Å². The molecule has 7 heteroatoms. The Morgan fingerprint density at radius 1 is 1.23 bits per heavy atom. The normalized spacial score (nSPS) is 11.2. The first kappa shape index (κ1) is 21.1. The molecule has 0 amide bonds. The first-order valence-corrected chi connectivity index (χ1v) is 11.4. The van der Waals surface area contributed by atoms with E-state index < -0.39 is 0 Å². The van der Waals surface area contributed by atoms with E-state index in [0.717, 1.165) is 45.7 Å². The molecule has 0 aliphatic carbocycles. The third-order valence-corrected chi connectivity index (χ3v) is 6.22. The smallest absolute Gasteiger partial charge is 0.157 e. The molecule has 0 spiro atoms. The molecule has 2 heterocycles. The third kappa shape index (κ3) is 4.06. The minimum atomic E-state index is 0.275. The summed E-state index contributed by atoms with van der Waals surface area (Å²) in [6.45, 7) is 5.87. The number of rotatable bonds is 7. The van der Waals surface area contributed by atoms with E-state index in [1.54, 1.807) is 11.8 Å². The molecular formula is C24H26N6S. The lowest BCUT2D eigenvalue weighted by Crippen LogP contribution is -2.13. The molecule has 0 fully saturated rings. The highest BCUT2D eigenvalue weighted by molar-refractivity contribution is 7.98. The van der Waals surface area contributed by atoms with Crippen molar-refractivity contribution in [3.63, 3.8) is 0 Å². The van der Waals surface area contributed by atoms with Gasteiger partial charge in [0.2, 0.25) is 0 Å². The van der Waals surface area contributed by atoms with Crippen molar-refractivity contribution in [3.05, 3.63) is 71.3 Å². The van der Waals surface area contributed by atoms with E-state index in [1.807, 2.05) is 55.0 Å². The standard InChI is InChI=1S/C24H26N6S/c1-4-27-11-16-12-28-13-18(14(16)2)15-8-9-19(25)17(10-15)22(26)24-29-20-6-5-7-21(31-3)23(20)30-24/h5-10,12-13,26-27H,4,11,25H2,1-3H3,(H,29,30). The van der Waals surface area contributed by atoms with E-state index in [9.17, 15) is 0 Å². The number of benzene rings is 2. The fourth-order valence-corrected chi connectivity index (χ4v) is 4.22. The van der Waals surface area contributed by atoms with E-state index in [4.69, 9.17) is 16.1 Å². The summed E-state index contributed by atoms with van der Waals surface area (Å²) in [5, 5.41) is 12.2. The number of thioether (sulfide) groups is 1. The molecule has 0 radical (unpaired) electrons. The Balaban J connectivity index is 1.75. The second-order valence-corrected chi connectivity index (χ2v) is 8.22. The van der Waals surface area contributed by atoms with Crippen LogP contribution in [-0.2, 0) is 6.54 Å². The predicted molar refractivity (Wildman–Crippen MR) is 130 cm³/mol. The van der Waals surface area contributed by atoms with Crippen molar-refractivity contribution in [2.24, 2.45) is 0 Å². The predicted octanol–water partition coefficient (Wildman–Crippen LogP) is 4.76. The SMILES string of the molecule is CCNCc1cncc(-c2ccc(N)c(C(=N)c3nc4c(SC)cccc4[nH]3)c2)c1C. The number of nitrogen functional groups attached to an aromatic ring is 1. The average molecular weight is 431 g/mol. The number of aromatic amines is 1. The summed E-state index contributed by atoms with van der Waals surface area (Å²) < 4.78 is 0. The van der Waals surface area contributed by atoms with Crippen LogP contribution in [0, 0.1) is 12.3 Å². The molecule has 2 aromatic carbocycles. The van der Waals surface area contributed by atoms with Crippen molar-refractivity contribution in [1.29, 1.82) is 5.41 Å². The Labute approximate surface area is 186 Å². The summed E-state index contributed by atoms with van der Waals surface area (Å²) in [6, 6.07) is 11.8. The van der Waals surface area contributed by atoms with Gasteiger partial charge in [-0.15, -0.1) is 11.8 Å². The second kappa shape index (κ2) is 8.91. The number of aromatic nitrogens is 3. The molecule has 0 saturated heterocycles. The molecule has 0 bridgehead atoms. The zero-order valence-corrected chi connectivity index (χ0v) is 18.7.